The summed E-state index contributed by atoms with van der Waals surface area (Å²) in [6.07, 6.45) is 1.06. The summed E-state index contributed by atoms with van der Waals surface area (Å²) < 4.78 is 0. The van der Waals surface area contributed by atoms with Crippen molar-refractivity contribution in [2.45, 2.75) is 47.1 Å². The minimum absolute atomic E-state index is 0.214. The number of amides is 1. The summed E-state index contributed by atoms with van der Waals surface area (Å²) in [5.41, 5.74) is 0. The number of nitrogens with one attached hydrogen (secondary N) is 1. The van der Waals surface area contributed by atoms with Gasteiger partial charge in [0, 0.05) is 19.1 Å². The van der Waals surface area contributed by atoms with Gasteiger partial charge in [0.2, 0.25) is 5.91 Å². The molecule has 0 fully saturated rings. The van der Waals surface area contributed by atoms with Crippen LogP contribution in [0.5, 0.6) is 0 Å². The number of nitrogens with zero attached hydrogens (tertiary/aromatic N) is 1. The first-order valence-electron chi connectivity index (χ1n) is 6.02. The second-order valence-electron chi connectivity index (χ2n) is 4.52. The van der Waals surface area contributed by atoms with E-state index in [0.29, 0.717) is 18.5 Å². The standard InChI is InChI=1S/C12H26N2O/c1-6-11(5)13-8-12(15)14(7-2)9-10(3)4/h10-11,13H,6-9H2,1-5H3. The molecular weight excluding hydrogens is 188 g/mol. The van der Waals surface area contributed by atoms with Gasteiger partial charge in [0.15, 0.2) is 0 Å². The molecule has 1 atom stereocenters. The van der Waals surface area contributed by atoms with E-state index in [1.54, 1.807) is 0 Å². The number of likely N-dealkylation sites (N-methyl/N-ethyl adjacent to an activating group) is 1. The maximum atomic E-state index is 11.8. The van der Waals surface area contributed by atoms with Crippen LogP contribution in [0.1, 0.15) is 41.0 Å². The molecule has 0 bridgehead atoms. The zero-order valence-corrected chi connectivity index (χ0v) is 10.8. The third-order valence-electron chi connectivity index (χ3n) is 2.53. The Hall–Kier alpha value is -0.570. The van der Waals surface area contributed by atoms with Crippen LogP contribution in [-0.2, 0) is 4.79 Å². The van der Waals surface area contributed by atoms with Crippen molar-refractivity contribution in [3.8, 4) is 0 Å². The largest absolute Gasteiger partial charge is 0.342 e. The molecule has 0 aromatic carbocycles. The Morgan fingerprint density at radius 2 is 1.87 bits per heavy atom. The Kier molecular flexibility index (Phi) is 7.39. The molecule has 1 amide bonds. The highest BCUT2D eigenvalue weighted by Gasteiger charge is 2.12. The van der Waals surface area contributed by atoms with E-state index < -0.39 is 0 Å². The zero-order valence-electron chi connectivity index (χ0n) is 10.8. The van der Waals surface area contributed by atoms with E-state index in [-0.39, 0.29) is 5.91 Å². The predicted molar refractivity (Wildman–Crippen MR) is 64.8 cm³/mol. The Balaban J connectivity index is 3.93. The third-order valence-corrected chi connectivity index (χ3v) is 2.53. The molecule has 0 saturated heterocycles. The van der Waals surface area contributed by atoms with E-state index >= 15 is 0 Å². The molecule has 3 nitrogen and oxygen atoms in total. The van der Waals surface area contributed by atoms with Gasteiger partial charge in [-0.05, 0) is 26.2 Å². The molecule has 0 aliphatic carbocycles. The number of hydrogen-bond acceptors (Lipinski definition) is 2. The van der Waals surface area contributed by atoms with Crippen LogP contribution in [0.2, 0.25) is 0 Å². The topological polar surface area (TPSA) is 32.3 Å². The van der Waals surface area contributed by atoms with Crippen molar-refractivity contribution in [2.24, 2.45) is 5.92 Å². The van der Waals surface area contributed by atoms with Gasteiger partial charge in [-0.3, -0.25) is 4.79 Å². The van der Waals surface area contributed by atoms with E-state index in [1.807, 2.05) is 11.8 Å². The molecule has 0 heterocycles. The fourth-order valence-electron chi connectivity index (χ4n) is 1.37. The average Bonchev–Trinajstić information content (AvgIpc) is 2.21. The van der Waals surface area contributed by atoms with E-state index in [1.165, 1.54) is 0 Å². The minimum atomic E-state index is 0.214. The molecule has 1 N–H and O–H groups in total. The van der Waals surface area contributed by atoms with Crippen molar-refractivity contribution in [2.75, 3.05) is 19.6 Å². The summed E-state index contributed by atoms with van der Waals surface area (Å²) in [7, 11) is 0. The average molecular weight is 214 g/mol. The molecule has 0 rings (SSSR count). The fourth-order valence-corrected chi connectivity index (χ4v) is 1.37. The molecule has 1 unspecified atom stereocenters. The molecule has 0 aliphatic rings. The van der Waals surface area contributed by atoms with Crippen LogP contribution in [0.3, 0.4) is 0 Å². The number of carbonyl (C=O) groups excluding carboxylic acids is 1. The Labute approximate surface area is 94.2 Å². The van der Waals surface area contributed by atoms with Gasteiger partial charge in [-0.1, -0.05) is 20.8 Å². The van der Waals surface area contributed by atoms with Gasteiger partial charge >= 0.3 is 0 Å². The molecule has 15 heavy (non-hydrogen) atoms. The summed E-state index contributed by atoms with van der Waals surface area (Å²) in [5, 5.41) is 3.23. The van der Waals surface area contributed by atoms with Gasteiger partial charge in [0.25, 0.3) is 0 Å². The van der Waals surface area contributed by atoms with E-state index in [4.69, 9.17) is 0 Å². The highest BCUT2D eigenvalue weighted by atomic mass is 16.2. The summed E-state index contributed by atoms with van der Waals surface area (Å²) in [6.45, 7) is 12.7. The monoisotopic (exact) mass is 214 g/mol. The normalized spacial score (nSPS) is 12.9. The molecule has 0 aromatic heterocycles. The third kappa shape index (κ3) is 6.50. The predicted octanol–water partition coefficient (Wildman–Crippen LogP) is 1.88. The lowest BCUT2D eigenvalue weighted by atomic mass is 10.2. The van der Waals surface area contributed by atoms with Crippen LogP contribution < -0.4 is 5.32 Å². The van der Waals surface area contributed by atoms with E-state index in [0.717, 1.165) is 19.5 Å². The van der Waals surface area contributed by atoms with Gasteiger partial charge in [-0.15, -0.1) is 0 Å². The Morgan fingerprint density at radius 1 is 1.27 bits per heavy atom. The van der Waals surface area contributed by atoms with Crippen LogP contribution in [0, 0.1) is 5.92 Å². The minimum Gasteiger partial charge on any atom is -0.342 e. The smallest absolute Gasteiger partial charge is 0.236 e. The van der Waals surface area contributed by atoms with E-state index in [2.05, 4.69) is 33.0 Å². The van der Waals surface area contributed by atoms with Crippen molar-refractivity contribution >= 4 is 5.91 Å². The van der Waals surface area contributed by atoms with Crippen molar-refractivity contribution in [3.63, 3.8) is 0 Å². The Morgan fingerprint density at radius 3 is 2.27 bits per heavy atom. The van der Waals surface area contributed by atoms with Crippen molar-refractivity contribution < 1.29 is 4.79 Å². The SMILES string of the molecule is CCC(C)NCC(=O)N(CC)CC(C)C. The molecule has 0 radical (unpaired) electrons. The van der Waals surface area contributed by atoms with Gasteiger partial charge in [-0.25, -0.2) is 0 Å². The molecule has 3 heteroatoms. The lowest BCUT2D eigenvalue weighted by Gasteiger charge is -2.24. The van der Waals surface area contributed by atoms with Crippen molar-refractivity contribution in [1.82, 2.24) is 10.2 Å². The quantitative estimate of drug-likeness (QED) is 0.702. The zero-order chi connectivity index (χ0) is 11.8. The molecule has 0 aromatic rings. The van der Waals surface area contributed by atoms with E-state index in [9.17, 15) is 4.79 Å². The maximum absolute atomic E-state index is 11.8. The first-order valence-corrected chi connectivity index (χ1v) is 6.02. The first-order chi connectivity index (χ1) is 7.01. The number of hydrogen-bond donors (Lipinski definition) is 1. The second-order valence-corrected chi connectivity index (χ2v) is 4.52. The first kappa shape index (κ1) is 14.4. The lowest BCUT2D eigenvalue weighted by molar-refractivity contribution is -0.130. The fraction of sp³-hybridized carbons (Fsp3) is 0.917. The van der Waals surface area contributed by atoms with Crippen LogP contribution in [-0.4, -0.2) is 36.5 Å². The summed E-state index contributed by atoms with van der Waals surface area (Å²) >= 11 is 0. The molecule has 0 spiro atoms. The summed E-state index contributed by atoms with van der Waals surface area (Å²) in [6, 6.07) is 0.423. The van der Waals surface area contributed by atoms with Gasteiger partial charge in [-0.2, -0.15) is 0 Å². The number of rotatable bonds is 7. The highest BCUT2D eigenvalue weighted by Crippen LogP contribution is 1.99. The molecule has 90 valence electrons. The second kappa shape index (κ2) is 7.69. The molecule has 0 saturated carbocycles. The molecular formula is C12H26N2O. The van der Waals surface area contributed by atoms with Crippen LogP contribution in [0.25, 0.3) is 0 Å². The van der Waals surface area contributed by atoms with Crippen LogP contribution >= 0.6 is 0 Å². The highest BCUT2D eigenvalue weighted by molar-refractivity contribution is 5.78. The van der Waals surface area contributed by atoms with Crippen molar-refractivity contribution in [3.05, 3.63) is 0 Å². The Bertz CT molecular complexity index is 180. The lowest BCUT2D eigenvalue weighted by Crippen LogP contribution is -2.42. The molecule has 0 aliphatic heterocycles. The van der Waals surface area contributed by atoms with Crippen LogP contribution in [0.15, 0.2) is 0 Å². The summed E-state index contributed by atoms with van der Waals surface area (Å²) in [5.74, 6) is 0.754. The van der Waals surface area contributed by atoms with Gasteiger partial charge in [0.1, 0.15) is 0 Å². The summed E-state index contributed by atoms with van der Waals surface area (Å²) in [4.78, 5) is 13.7. The maximum Gasteiger partial charge on any atom is 0.236 e. The van der Waals surface area contributed by atoms with Crippen molar-refractivity contribution in [1.29, 1.82) is 0 Å². The number of carbonyl (C=O) groups is 1. The van der Waals surface area contributed by atoms with Gasteiger partial charge in [0.05, 0.1) is 6.54 Å². The van der Waals surface area contributed by atoms with Crippen LogP contribution in [0.4, 0.5) is 0 Å². The van der Waals surface area contributed by atoms with Gasteiger partial charge < -0.3 is 10.2 Å².